The molecular formula is C12H19N3S. The number of rotatable bonds is 5. The molecule has 1 unspecified atom stereocenters. The quantitative estimate of drug-likeness (QED) is 0.825. The first kappa shape index (κ1) is 11.6. The summed E-state index contributed by atoms with van der Waals surface area (Å²) in [5.74, 6) is 2.49. The van der Waals surface area contributed by atoms with Crippen LogP contribution in [0.25, 0.3) is 0 Å². The molecule has 16 heavy (non-hydrogen) atoms. The molecule has 0 bridgehead atoms. The highest BCUT2D eigenvalue weighted by molar-refractivity contribution is 7.99. The minimum atomic E-state index is 0.619. The number of hydrogen-bond donors (Lipinski definition) is 2. The van der Waals surface area contributed by atoms with Gasteiger partial charge < -0.3 is 10.6 Å². The van der Waals surface area contributed by atoms with Crippen molar-refractivity contribution in [3.05, 3.63) is 18.5 Å². The number of aromatic nitrogens is 1. The Morgan fingerprint density at radius 3 is 3.06 bits per heavy atom. The highest BCUT2D eigenvalue weighted by Crippen LogP contribution is 2.22. The van der Waals surface area contributed by atoms with Crippen molar-refractivity contribution in [2.75, 3.05) is 28.7 Å². The predicted octanol–water partition coefficient (Wildman–Crippen LogP) is 2.82. The van der Waals surface area contributed by atoms with Crippen molar-refractivity contribution in [3.63, 3.8) is 0 Å². The number of thioether (sulfide) groups is 1. The van der Waals surface area contributed by atoms with E-state index in [0.29, 0.717) is 6.04 Å². The van der Waals surface area contributed by atoms with Crippen LogP contribution in [0.15, 0.2) is 18.5 Å². The van der Waals surface area contributed by atoms with Crippen LogP contribution in [0.5, 0.6) is 0 Å². The lowest BCUT2D eigenvalue weighted by Gasteiger charge is -2.13. The number of anilines is 2. The Morgan fingerprint density at radius 2 is 2.31 bits per heavy atom. The van der Waals surface area contributed by atoms with E-state index < -0.39 is 0 Å². The zero-order valence-corrected chi connectivity index (χ0v) is 10.5. The molecule has 0 saturated carbocycles. The van der Waals surface area contributed by atoms with Crippen molar-refractivity contribution in [1.82, 2.24) is 4.98 Å². The second kappa shape index (κ2) is 5.99. The Bertz CT molecular complexity index is 324. The molecule has 4 heteroatoms. The molecule has 3 nitrogen and oxygen atoms in total. The molecular weight excluding hydrogens is 218 g/mol. The Hall–Kier alpha value is -0.900. The van der Waals surface area contributed by atoms with Crippen molar-refractivity contribution in [3.8, 4) is 0 Å². The molecule has 2 N–H and O–H groups in total. The maximum atomic E-state index is 4.25. The lowest BCUT2D eigenvalue weighted by Crippen LogP contribution is -2.18. The van der Waals surface area contributed by atoms with Crippen LogP contribution in [0.4, 0.5) is 11.4 Å². The Labute approximate surface area is 101 Å². The summed E-state index contributed by atoms with van der Waals surface area (Å²) in [6.07, 6.45) is 6.18. The van der Waals surface area contributed by atoms with Crippen molar-refractivity contribution < 1.29 is 0 Å². The van der Waals surface area contributed by atoms with E-state index in [9.17, 15) is 0 Å². The summed E-state index contributed by atoms with van der Waals surface area (Å²) in [7, 11) is 0. The summed E-state index contributed by atoms with van der Waals surface area (Å²) < 4.78 is 0. The first-order valence-electron chi connectivity index (χ1n) is 5.91. The second-order valence-corrected chi connectivity index (χ2v) is 5.24. The fraction of sp³-hybridized carbons (Fsp3) is 0.583. The fourth-order valence-corrected chi connectivity index (χ4v) is 2.92. The molecule has 1 aliphatic heterocycles. The minimum Gasteiger partial charge on any atom is -0.384 e. The molecule has 0 spiro atoms. The van der Waals surface area contributed by atoms with Gasteiger partial charge in [0.05, 0.1) is 23.8 Å². The van der Waals surface area contributed by atoms with Crippen molar-refractivity contribution in [2.45, 2.75) is 25.8 Å². The molecule has 0 amide bonds. The van der Waals surface area contributed by atoms with Crippen LogP contribution in [0, 0.1) is 0 Å². The summed E-state index contributed by atoms with van der Waals surface area (Å²) in [6.45, 7) is 3.17. The van der Waals surface area contributed by atoms with Crippen LogP contribution >= 0.6 is 11.8 Å². The molecule has 0 aliphatic carbocycles. The summed E-state index contributed by atoms with van der Waals surface area (Å²) in [6, 6.07) is 2.76. The van der Waals surface area contributed by atoms with Gasteiger partial charge >= 0.3 is 0 Å². The van der Waals surface area contributed by atoms with E-state index in [1.165, 1.54) is 17.9 Å². The van der Waals surface area contributed by atoms with Gasteiger partial charge in [0.15, 0.2) is 0 Å². The molecule has 1 fully saturated rings. The van der Waals surface area contributed by atoms with Gasteiger partial charge in [0, 0.05) is 18.3 Å². The zero-order valence-electron chi connectivity index (χ0n) is 9.70. The minimum absolute atomic E-state index is 0.619. The van der Waals surface area contributed by atoms with E-state index in [-0.39, 0.29) is 0 Å². The summed E-state index contributed by atoms with van der Waals surface area (Å²) in [5.41, 5.74) is 2.24. The lowest BCUT2D eigenvalue weighted by atomic mass is 10.2. The summed E-state index contributed by atoms with van der Waals surface area (Å²) in [4.78, 5) is 4.25. The van der Waals surface area contributed by atoms with Gasteiger partial charge in [-0.2, -0.15) is 11.8 Å². The average Bonchev–Trinajstić information content (AvgIpc) is 2.80. The molecule has 1 aromatic rings. The van der Waals surface area contributed by atoms with E-state index in [0.717, 1.165) is 24.3 Å². The molecule has 1 aromatic heterocycles. The summed E-state index contributed by atoms with van der Waals surface area (Å²) in [5, 5.41) is 6.89. The molecule has 0 aromatic carbocycles. The molecule has 1 atom stereocenters. The zero-order chi connectivity index (χ0) is 11.2. The Balaban J connectivity index is 1.92. The van der Waals surface area contributed by atoms with Crippen LogP contribution in [-0.2, 0) is 0 Å². The Kier molecular flexibility index (Phi) is 4.34. The highest BCUT2D eigenvalue weighted by atomic mass is 32.2. The molecule has 0 radical (unpaired) electrons. The monoisotopic (exact) mass is 237 g/mol. The van der Waals surface area contributed by atoms with Gasteiger partial charge in [0.25, 0.3) is 0 Å². The van der Waals surface area contributed by atoms with Gasteiger partial charge in [0.1, 0.15) is 0 Å². The van der Waals surface area contributed by atoms with Crippen LogP contribution in [0.1, 0.15) is 19.8 Å². The third-order valence-corrected chi connectivity index (χ3v) is 3.78. The molecule has 2 rings (SSSR count). The van der Waals surface area contributed by atoms with Gasteiger partial charge in [-0.15, -0.1) is 0 Å². The standard InChI is InChI=1S/C12H19N3S/c1-2-4-14-11-6-12(8-13-7-11)15-10-3-5-16-9-10/h6-8,10,14-15H,2-5,9H2,1H3. The molecule has 1 aliphatic rings. The van der Waals surface area contributed by atoms with Crippen molar-refractivity contribution >= 4 is 23.1 Å². The maximum Gasteiger partial charge on any atom is 0.0549 e. The van der Waals surface area contributed by atoms with Crippen LogP contribution < -0.4 is 10.6 Å². The van der Waals surface area contributed by atoms with Crippen LogP contribution in [0.2, 0.25) is 0 Å². The van der Waals surface area contributed by atoms with Gasteiger partial charge in [-0.1, -0.05) is 6.92 Å². The van der Waals surface area contributed by atoms with E-state index in [1.807, 2.05) is 24.2 Å². The van der Waals surface area contributed by atoms with E-state index in [2.05, 4.69) is 28.6 Å². The molecule has 2 heterocycles. The average molecular weight is 237 g/mol. The normalized spacial score (nSPS) is 19.7. The number of nitrogens with one attached hydrogen (secondary N) is 2. The largest absolute Gasteiger partial charge is 0.384 e. The first-order valence-corrected chi connectivity index (χ1v) is 7.07. The number of nitrogens with zero attached hydrogens (tertiary/aromatic N) is 1. The Morgan fingerprint density at radius 1 is 1.44 bits per heavy atom. The van der Waals surface area contributed by atoms with Crippen molar-refractivity contribution in [1.29, 1.82) is 0 Å². The predicted molar refractivity (Wildman–Crippen MR) is 72.4 cm³/mol. The summed E-state index contributed by atoms with van der Waals surface area (Å²) >= 11 is 2.02. The fourth-order valence-electron chi connectivity index (χ4n) is 1.77. The number of hydrogen-bond acceptors (Lipinski definition) is 4. The van der Waals surface area contributed by atoms with Gasteiger partial charge in [0.2, 0.25) is 0 Å². The maximum absolute atomic E-state index is 4.25. The van der Waals surface area contributed by atoms with E-state index >= 15 is 0 Å². The second-order valence-electron chi connectivity index (χ2n) is 4.09. The van der Waals surface area contributed by atoms with Crippen molar-refractivity contribution in [2.24, 2.45) is 0 Å². The van der Waals surface area contributed by atoms with Gasteiger partial charge in [-0.25, -0.2) is 0 Å². The molecule has 1 saturated heterocycles. The van der Waals surface area contributed by atoms with Crippen LogP contribution in [0.3, 0.4) is 0 Å². The highest BCUT2D eigenvalue weighted by Gasteiger charge is 2.14. The smallest absolute Gasteiger partial charge is 0.0549 e. The third-order valence-electron chi connectivity index (χ3n) is 2.62. The van der Waals surface area contributed by atoms with Crippen LogP contribution in [-0.4, -0.2) is 29.1 Å². The SMILES string of the molecule is CCCNc1cncc(NC2CCSC2)c1. The molecule has 88 valence electrons. The van der Waals surface area contributed by atoms with E-state index in [1.54, 1.807) is 0 Å². The first-order chi connectivity index (χ1) is 7.88. The van der Waals surface area contributed by atoms with Gasteiger partial charge in [-0.05, 0) is 24.7 Å². The lowest BCUT2D eigenvalue weighted by molar-refractivity contribution is 0.812. The van der Waals surface area contributed by atoms with Gasteiger partial charge in [-0.3, -0.25) is 4.98 Å². The third kappa shape index (κ3) is 3.30. The van der Waals surface area contributed by atoms with E-state index in [4.69, 9.17) is 0 Å². The topological polar surface area (TPSA) is 37.0 Å². The number of pyridine rings is 1.